The van der Waals surface area contributed by atoms with Gasteiger partial charge < -0.3 is 14.2 Å². The van der Waals surface area contributed by atoms with Crippen molar-refractivity contribution in [2.45, 2.75) is 11.4 Å². The zero-order valence-corrected chi connectivity index (χ0v) is 14.4. The lowest BCUT2D eigenvalue weighted by atomic mass is 10.3. The highest BCUT2D eigenvalue weighted by atomic mass is 32.2. The molecular weight excluding hydrogens is 356 g/mol. The van der Waals surface area contributed by atoms with Crippen LogP contribution in [0.5, 0.6) is 0 Å². The van der Waals surface area contributed by atoms with E-state index in [-0.39, 0.29) is 11.4 Å². The van der Waals surface area contributed by atoms with Crippen molar-refractivity contribution in [3.63, 3.8) is 0 Å². The maximum absolute atomic E-state index is 12.4. The first kappa shape index (κ1) is 17.7. The van der Waals surface area contributed by atoms with Crippen LogP contribution in [0, 0.1) is 0 Å². The van der Waals surface area contributed by atoms with Crippen molar-refractivity contribution in [1.29, 1.82) is 0 Å². The van der Waals surface area contributed by atoms with Crippen LogP contribution in [-0.2, 0) is 21.4 Å². The van der Waals surface area contributed by atoms with Crippen LogP contribution in [0.4, 0.5) is 5.69 Å². The van der Waals surface area contributed by atoms with Crippen molar-refractivity contribution in [3.8, 4) is 0 Å². The molecule has 2 aromatic heterocycles. The Balaban J connectivity index is 1.66. The second-order valence-corrected chi connectivity index (χ2v) is 7.04. The second kappa shape index (κ2) is 7.85. The smallest absolute Gasteiger partial charge is 0.248 e. The van der Waals surface area contributed by atoms with Gasteiger partial charge in [-0.25, -0.2) is 13.1 Å². The maximum Gasteiger partial charge on any atom is 0.248 e. The molecule has 3 rings (SSSR count). The number of anilines is 1. The van der Waals surface area contributed by atoms with Crippen LogP contribution in [-0.4, -0.2) is 14.3 Å². The summed E-state index contributed by atoms with van der Waals surface area (Å²) in [7, 11) is -3.74. The van der Waals surface area contributed by atoms with Crippen LogP contribution in [0.1, 0.15) is 11.5 Å². The van der Waals surface area contributed by atoms with Crippen molar-refractivity contribution in [3.05, 3.63) is 78.7 Å². The molecule has 1 aromatic carbocycles. The number of rotatable bonds is 7. The average molecular weight is 372 g/mol. The lowest BCUT2D eigenvalue weighted by Gasteiger charge is -2.08. The van der Waals surface area contributed by atoms with E-state index < -0.39 is 15.9 Å². The summed E-state index contributed by atoms with van der Waals surface area (Å²) < 4.78 is 37.3. The minimum absolute atomic E-state index is 0.0388. The second-order valence-electron chi connectivity index (χ2n) is 5.27. The molecule has 0 saturated heterocycles. The third-order valence-corrected chi connectivity index (χ3v) is 4.77. The number of hydrogen-bond acceptors (Lipinski definition) is 5. The molecule has 0 radical (unpaired) electrons. The van der Waals surface area contributed by atoms with Gasteiger partial charge in [-0.3, -0.25) is 4.79 Å². The van der Waals surface area contributed by atoms with Gasteiger partial charge in [0.2, 0.25) is 15.9 Å². The van der Waals surface area contributed by atoms with E-state index in [4.69, 9.17) is 8.83 Å². The molecule has 0 saturated carbocycles. The Kier molecular flexibility index (Phi) is 5.35. The van der Waals surface area contributed by atoms with Gasteiger partial charge in [0, 0.05) is 11.8 Å². The predicted octanol–water partition coefficient (Wildman–Crippen LogP) is 3.00. The number of nitrogens with one attached hydrogen (secondary N) is 2. The fourth-order valence-corrected chi connectivity index (χ4v) is 3.17. The van der Waals surface area contributed by atoms with Crippen LogP contribution >= 0.6 is 0 Å². The zero-order chi connectivity index (χ0) is 18.4. The van der Waals surface area contributed by atoms with E-state index in [2.05, 4.69) is 10.0 Å². The summed E-state index contributed by atoms with van der Waals surface area (Å²) in [6.07, 6.45) is 5.79. The highest BCUT2D eigenvalue weighted by molar-refractivity contribution is 7.89. The van der Waals surface area contributed by atoms with Crippen molar-refractivity contribution in [2.75, 3.05) is 5.32 Å². The monoisotopic (exact) mass is 372 g/mol. The number of carbonyl (C=O) groups is 1. The van der Waals surface area contributed by atoms with Gasteiger partial charge in [0.15, 0.2) is 0 Å². The van der Waals surface area contributed by atoms with Crippen molar-refractivity contribution in [1.82, 2.24) is 4.72 Å². The quantitative estimate of drug-likeness (QED) is 0.621. The first-order chi connectivity index (χ1) is 12.5. The number of hydrogen-bond donors (Lipinski definition) is 2. The Morgan fingerprint density at radius 3 is 2.58 bits per heavy atom. The molecule has 0 bridgehead atoms. The van der Waals surface area contributed by atoms with Gasteiger partial charge in [-0.15, -0.1) is 0 Å². The first-order valence-corrected chi connectivity index (χ1v) is 9.16. The standard InChI is InChI=1S/C18H16N2O5S/c21-18(9-8-15-5-2-10-24-15)20-14-4-1-7-17(12-14)26(22,23)19-13-16-6-3-11-25-16/h1-12,19H,13H2,(H,20,21)/b9-8+. The summed E-state index contributed by atoms with van der Waals surface area (Å²) in [5.74, 6) is 0.638. The number of furan rings is 2. The van der Waals surface area contributed by atoms with Gasteiger partial charge in [0.25, 0.3) is 0 Å². The SMILES string of the molecule is O=C(/C=C/c1ccco1)Nc1cccc(S(=O)(=O)NCc2ccco2)c1. The van der Waals surface area contributed by atoms with Crippen LogP contribution in [0.15, 0.2) is 80.9 Å². The molecule has 8 heteroatoms. The summed E-state index contributed by atoms with van der Waals surface area (Å²) >= 11 is 0. The Morgan fingerprint density at radius 2 is 1.85 bits per heavy atom. The number of benzene rings is 1. The predicted molar refractivity (Wildman–Crippen MR) is 95.5 cm³/mol. The molecule has 0 spiro atoms. The normalized spacial score (nSPS) is 11.7. The Bertz CT molecular complexity index is 990. The number of amides is 1. The fourth-order valence-electron chi connectivity index (χ4n) is 2.13. The Hall–Kier alpha value is -3.10. The van der Waals surface area contributed by atoms with Crippen molar-refractivity contribution in [2.24, 2.45) is 0 Å². The molecule has 0 unspecified atom stereocenters. The van der Waals surface area contributed by atoms with Gasteiger partial charge in [0.05, 0.1) is 24.0 Å². The van der Waals surface area contributed by atoms with E-state index in [0.29, 0.717) is 17.2 Å². The molecule has 2 N–H and O–H groups in total. The number of sulfonamides is 1. The number of carbonyl (C=O) groups excluding carboxylic acids is 1. The minimum atomic E-state index is -3.74. The molecule has 0 aliphatic rings. The highest BCUT2D eigenvalue weighted by Gasteiger charge is 2.15. The Labute approximate surface area is 150 Å². The molecule has 2 heterocycles. The van der Waals surface area contributed by atoms with Crippen LogP contribution < -0.4 is 10.0 Å². The summed E-state index contributed by atoms with van der Waals surface area (Å²) in [6.45, 7) is 0.0395. The largest absolute Gasteiger partial charge is 0.468 e. The summed E-state index contributed by atoms with van der Waals surface area (Å²) in [6, 6.07) is 12.7. The molecular formula is C18H16N2O5S. The molecule has 26 heavy (non-hydrogen) atoms. The average Bonchev–Trinajstić information content (AvgIpc) is 3.32. The van der Waals surface area contributed by atoms with E-state index in [9.17, 15) is 13.2 Å². The van der Waals surface area contributed by atoms with Gasteiger partial charge in [-0.2, -0.15) is 0 Å². The van der Waals surface area contributed by atoms with E-state index in [0.717, 1.165) is 0 Å². The zero-order valence-electron chi connectivity index (χ0n) is 13.6. The maximum atomic E-state index is 12.4. The molecule has 134 valence electrons. The molecule has 1 amide bonds. The molecule has 7 nitrogen and oxygen atoms in total. The van der Waals surface area contributed by atoms with Crippen LogP contribution in [0.3, 0.4) is 0 Å². The highest BCUT2D eigenvalue weighted by Crippen LogP contribution is 2.16. The molecule has 0 fully saturated rings. The van der Waals surface area contributed by atoms with Gasteiger partial charge >= 0.3 is 0 Å². The molecule has 0 aliphatic heterocycles. The van der Waals surface area contributed by atoms with E-state index in [1.54, 1.807) is 36.4 Å². The van der Waals surface area contributed by atoms with Crippen LogP contribution in [0.2, 0.25) is 0 Å². The van der Waals surface area contributed by atoms with E-state index in [1.165, 1.54) is 36.8 Å². The lowest BCUT2D eigenvalue weighted by molar-refractivity contribution is -0.111. The first-order valence-electron chi connectivity index (χ1n) is 7.68. The third-order valence-electron chi connectivity index (χ3n) is 3.37. The van der Waals surface area contributed by atoms with Gasteiger partial charge in [-0.1, -0.05) is 6.07 Å². The summed E-state index contributed by atoms with van der Waals surface area (Å²) in [4.78, 5) is 12.0. The summed E-state index contributed by atoms with van der Waals surface area (Å²) in [5, 5.41) is 2.61. The minimum Gasteiger partial charge on any atom is -0.468 e. The molecule has 3 aromatic rings. The van der Waals surface area contributed by atoms with E-state index >= 15 is 0 Å². The lowest BCUT2D eigenvalue weighted by Crippen LogP contribution is -2.23. The third kappa shape index (κ3) is 4.71. The fraction of sp³-hybridized carbons (Fsp3) is 0.0556. The van der Waals surface area contributed by atoms with Gasteiger partial charge in [0.1, 0.15) is 11.5 Å². The van der Waals surface area contributed by atoms with Crippen LogP contribution in [0.25, 0.3) is 6.08 Å². The van der Waals surface area contributed by atoms with Crippen molar-refractivity contribution >= 4 is 27.7 Å². The van der Waals surface area contributed by atoms with Gasteiger partial charge in [-0.05, 0) is 48.5 Å². The van der Waals surface area contributed by atoms with Crippen molar-refractivity contribution < 1.29 is 22.0 Å². The van der Waals surface area contributed by atoms with E-state index in [1.807, 2.05) is 0 Å². The Morgan fingerprint density at radius 1 is 1.04 bits per heavy atom. The topological polar surface area (TPSA) is 102 Å². The molecule has 0 atom stereocenters. The molecule has 0 aliphatic carbocycles. The summed E-state index contributed by atoms with van der Waals surface area (Å²) in [5.41, 5.74) is 0.361.